The monoisotopic (exact) mass is 381 g/mol. The van der Waals surface area contributed by atoms with E-state index in [9.17, 15) is 9.90 Å². The number of nitrogens with zero attached hydrogens (tertiary/aromatic N) is 1. The fourth-order valence-electron chi connectivity index (χ4n) is 3.50. The fourth-order valence-corrected chi connectivity index (χ4v) is 3.50. The molecule has 0 bridgehead atoms. The molecule has 1 aromatic rings. The lowest BCUT2D eigenvalue weighted by atomic mass is 9.95. The van der Waals surface area contributed by atoms with Gasteiger partial charge in [0.25, 0.3) is 0 Å². The Balaban J connectivity index is 2.23. The van der Waals surface area contributed by atoms with Gasteiger partial charge < -0.3 is 10.0 Å². The van der Waals surface area contributed by atoms with Crippen LogP contribution in [0.25, 0.3) is 0 Å². The second-order valence-corrected chi connectivity index (χ2v) is 8.10. The number of hydrogen-bond donors (Lipinski definition) is 1. The highest BCUT2D eigenvalue weighted by atomic mass is 16.3. The van der Waals surface area contributed by atoms with Gasteiger partial charge in [-0.1, -0.05) is 51.5 Å². The van der Waals surface area contributed by atoms with Crippen LogP contribution in [0, 0.1) is 5.92 Å². The molecular formula is C25H35NO2. The van der Waals surface area contributed by atoms with Crippen molar-refractivity contribution in [3.05, 3.63) is 69.5 Å². The minimum atomic E-state index is 0.0485. The molecule has 0 aromatic heterocycles. The lowest BCUT2D eigenvalue weighted by molar-refractivity contribution is -0.128. The number of amides is 1. The number of aliphatic hydroxyl groups is 1. The highest BCUT2D eigenvalue weighted by Crippen LogP contribution is 2.24. The van der Waals surface area contributed by atoms with E-state index in [0.717, 1.165) is 37.0 Å². The molecule has 0 radical (unpaired) electrons. The van der Waals surface area contributed by atoms with E-state index < -0.39 is 0 Å². The number of fused-ring (bicyclic) bond motifs is 1. The third-order valence-electron chi connectivity index (χ3n) is 5.55. The van der Waals surface area contributed by atoms with Gasteiger partial charge in [-0.05, 0) is 73.4 Å². The minimum Gasteiger partial charge on any atom is -0.508 e. The first-order valence-electron chi connectivity index (χ1n) is 10.4. The van der Waals surface area contributed by atoms with Gasteiger partial charge in [-0.3, -0.25) is 4.79 Å². The van der Waals surface area contributed by atoms with E-state index in [1.54, 1.807) is 0 Å². The molecule has 0 aliphatic carbocycles. The van der Waals surface area contributed by atoms with E-state index in [0.29, 0.717) is 12.1 Å². The summed E-state index contributed by atoms with van der Waals surface area (Å²) in [4.78, 5) is 14.9. The van der Waals surface area contributed by atoms with Crippen molar-refractivity contribution in [3.8, 4) is 0 Å². The summed E-state index contributed by atoms with van der Waals surface area (Å²) in [5, 5.41) is 10.5. The first kappa shape index (κ1) is 22.0. The summed E-state index contributed by atoms with van der Waals surface area (Å²) >= 11 is 0. The number of benzene rings is 1. The lowest BCUT2D eigenvalue weighted by Crippen LogP contribution is -2.36. The largest absolute Gasteiger partial charge is 0.508 e. The Morgan fingerprint density at radius 2 is 1.89 bits per heavy atom. The third kappa shape index (κ3) is 5.37. The molecule has 0 fully saturated rings. The average Bonchev–Trinajstić information content (AvgIpc) is 2.69. The van der Waals surface area contributed by atoms with Gasteiger partial charge in [0.15, 0.2) is 0 Å². The van der Waals surface area contributed by atoms with Crippen molar-refractivity contribution in [1.82, 2.24) is 4.90 Å². The fraction of sp³-hybridized carbons (Fsp3) is 0.480. The minimum absolute atomic E-state index is 0.0485. The van der Waals surface area contributed by atoms with Crippen molar-refractivity contribution in [2.75, 3.05) is 6.54 Å². The Hall–Kier alpha value is -2.29. The molecule has 2 rings (SSSR count). The molecule has 0 spiro atoms. The van der Waals surface area contributed by atoms with Crippen LogP contribution in [0.5, 0.6) is 0 Å². The molecule has 1 heterocycles. The van der Waals surface area contributed by atoms with Crippen molar-refractivity contribution >= 4 is 5.91 Å². The van der Waals surface area contributed by atoms with Gasteiger partial charge in [0.1, 0.15) is 5.76 Å². The molecule has 1 aromatic carbocycles. The van der Waals surface area contributed by atoms with Crippen LogP contribution < -0.4 is 0 Å². The second-order valence-electron chi connectivity index (χ2n) is 8.10. The molecule has 0 saturated heterocycles. The molecule has 3 nitrogen and oxygen atoms in total. The zero-order valence-electron chi connectivity index (χ0n) is 18.3. The summed E-state index contributed by atoms with van der Waals surface area (Å²) < 4.78 is 0. The third-order valence-corrected chi connectivity index (χ3v) is 5.55. The van der Waals surface area contributed by atoms with Crippen molar-refractivity contribution in [2.45, 2.75) is 67.3 Å². The molecule has 28 heavy (non-hydrogen) atoms. The van der Waals surface area contributed by atoms with E-state index in [4.69, 9.17) is 0 Å². The van der Waals surface area contributed by atoms with Gasteiger partial charge in [-0.2, -0.15) is 0 Å². The van der Waals surface area contributed by atoms with Crippen LogP contribution in [0.15, 0.2) is 52.8 Å². The summed E-state index contributed by atoms with van der Waals surface area (Å²) in [6, 6.07) is 6.60. The molecule has 0 saturated carbocycles. The van der Waals surface area contributed by atoms with Gasteiger partial charge in [0.2, 0.25) is 5.91 Å². The first-order chi connectivity index (χ1) is 13.3. The van der Waals surface area contributed by atoms with E-state index >= 15 is 0 Å². The van der Waals surface area contributed by atoms with E-state index in [2.05, 4.69) is 32.0 Å². The van der Waals surface area contributed by atoms with Crippen LogP contribution in [0.3, 0.4) is 0 Å². The molecular weight excluding hydrogens is 346 g/mol. The quantitative estimate of drug-likeness (QED) is 0.378. The Morgan fingerprint density at radius 1 is 1.18 bits per heavy atom. The van der Waals surface area contributed by atoms with Crippen molar-refractivity contribution in [3.63, 3.8) is 0 Å². The summed E-state index contributed by atoms with van der Waals surface area (Å²) in [5.41, 5.74) is 6.56. The van der Waals surface area contributed by atoms with Crippen LogP contribution in [-0.4, -0.2) is 22.5 Å². The highest BCUT2D eigenvalue weighted by Gasteiger charge is 2.22. The Kier molecular flexibility index (Phi) is 7.68. The predicted octanol–water partition coefficient (Wildman–Crippen LogP) is 5.90. The van der Waals surface area contributed by atoms with Gasteiger partial charge in [0, 0.05) is 18.7 Å². The topological polar surface area (TPSA) is 40.5 Å². The molecule has 3 heteroatoms. The van der Waals surface area contributed by atoms with Crippen LogP contribution in [0.4, 0.5) is 0 Å². The Labute approximate surface area is 170 Å². The zero-order chi connectivity index (χ0) is 20.8. The Morgan fingerprint density at radius 3 is 2.50 bits per heavy atom. The number of aliphatic hydroxyl groups excluding tert-OH is 1. The number of aryl methyl sites for hydroxylation is 1. The normalized spacial score (nSPS) is 16.2. The lowest BCUT2D eigenvalue weighted by Gasteiger charge is -2.29. The number of allylic oxidation sites excluding steroid dienone is 4. The van der Waals surface area contributed by atoms with Crippen molar-refractivity contribution < 1.29 is 9.90 Å². The number of carbonyl (C=O) groups excluding carboxylic acids is 1. The highest BCUT2D eigenvalue weighted by molar-refractivity contribution is 5.93. The van der Waals surface area contributed by atoms with Gasteiger partial charge in [0.05, 0.1) is 0 Å². The second kappa shape index (κ2) is 9.77. The van der Waals surface area contributed by atoms with Gasteiger partial charge >= 0.3 is 0 Å². The number of carbonyl (C=O) groups is 1. The average molecular weight is 382 g/mol. The summed E-state index contributed by atoms with van der Waals surface area (Å²) in [6.07, 6.45) is 6.50. The summed E-state index contributed by atoms with van der Waals surface area (Å²) in [5.74, 6) is 0.447. The smallest absolute Gasteiger partial charge is 0.249 e. The summed E-state index contributed by atoms with van der Waals surface area (Å²) in [6.45, 7) is 13.6. The maximum absolute atomic E-state index is 13.0. The first-order valence-corrected chi connectivity index (χ1v) is 10.4. The van der Waals surface area contributed by atoms with Crippen LogP contribution in [0.2, 0.25) is 0 Å². The number of hydrogen-bond acceptors (Lipinski definition) is 2. The zero-order valence-corrected chi connectivity index (χ0v) is 18.3. The van der Waals surface area contributed by atoms with E-state index in [1.807, 2.05) is 44.7 Å². The summed E-state index contributed by atoms with van der Waals surface area (Å²) in [7, 11) is 0. The van der Waals surface area contributed by atoms with E-state index in [-0.39, 0.29) is 17.6 Å². The van der Waals surface area contributed by atoms with Crippen LogP contribution in [0.1, 0.15) is 64.7 Å². The standard InChI is InChI=1S/C25H35NO2/c1-7-18(5)13-24(27)23(17(3)4)14-19(6)25(28)26-12-11-21-15-20(8-2)9-10-22(21)16-26/h9-10,13-15,17,27H,7-8,11-12,16H2,1-6H3/b18-13-,19-14+,24-23-. The molecule has 0 atom stereocenters. The van der Waals surface area contributed by atoms with Crippen molar-refractivity contribution in [1.29, 1.82) is 0 Å². The number of rotatable bonds is 6. The van der Waals surface area contributed by atoms with E-state index in [1.165, 1.54) is 16.7 Å². The SMILES string of the molecule is CC\C(C)=C/C(O)=C(\C=C(/C)C(=O)N1CCc2cc(CC)ccc2C1)C(C)C. The molecule has 1 aliphatic heterocycles. The maximum atomic E-state index is 13.0. The molecule has 1 N–H and O–H groups in total. The molecule has 0 unspecified atom stereocenters. The molecule has 152 valence electrons. The van der Waals surface area contributed by atoms with Gasteiger partial charge in [-0.15, -0.1) is 0 Å². The van der Waals surface area contributed by atoms with Gasteiger partial charge in [-0.25, -0.2) is 0 Å². The molecule has 1 amide bonds. The van der Waals surface area contributed by atoms with Crippen molar-refractivity contribution in [2.24, 2.45) is 5.92 Å². The maximum Gasteiger partial charge on any atom is 0.249 e. The molecule has 1 aliphatic rings. The predicted molar refractivity (Wildman–Crippen MR) is 117 cm³/mol. The van der Waals surface area contributed by atoms with Crippen LogP contribution >= 0.6 is 0 Å². The Bertz CT molecular complexity index is 812. The van der Waals surface area contributed by atoms with Crippen LogP contribution in [-0.2, 0) is 24.2 Å².